The van der Waals surface area contributed by atoms with Crippen molar-refractivity contribution >= 4 is 17.3 Å². The third-order valence-electron chi connectivity index (χ3n) is 3.12. The van der Waals surface area contributed by atoms with Crippen molar-refractivity contribution in [1.82, 2.24) is 19.5 Å². The van der Waals surface area contributed by atoms with E-state index < -0.39 is 5.56 Å². The highest BCUT2D eigenvalue weighted by Crippen LogP contribution is 2.22. The van der Waals surface area contributed by atoms with Crippen LogP contribution in [0, 0.1) is 0 Å². The van der Waals surface area contributed by atoms with Crippen LogP contribution >= 0.6 is 0 Å². The van der Waals surface area contributed by atoms with Gasteiger partial charge in [-0.2, -0.15) is 0 Å². The van der Waals surface area contributed by atoms with Gasteiger partial charge in [0.25, 0.3) is 5.56 Å². The molecule has 3 rings (SSSR count). The molecule has 3 aromatic rings. The summed E-state index contributed by atoms with van der Waals surface area (Å²) in [5, 5.41) is 11.7. The van der Waals surface area contributed by atoms with E-state index in [4.69, 9.17) is 5.21 Å². The lowest BCUT2D eigenvalue weighted by Crippen LogP contribution is -2.14. The smallest absolute Gasteiger partial charge is 0.277 e. The van der Waals surface area contributed by atoms with Crippen LogP contribution in [-0.4, -0.2) is 24.7 Å². The first kappa shape index (κ1) is 13.8. The van der Waals surface area contributed by atoms with Crippen molar-refractivity contribution in [3.63, 3.8) is 0 Å². The van der Waals surface area contributed by atoms with Gasteiger partial charge in [0.1, 0.15) is 11.5 Å². The van der Waals surface area contributed by atoms with Gasteiger partial charge in [-0.25, -0.2) is 9.97 Å². The fourth-order valence-corrected chi connectivity index (χ4v) is 2.05. The number of rotatable bonds is 4. The molecule has 112 valence electrons. The molecule has 2 aromatic heterocycles. The van der Waals surface area contributed by atoms with Crippen molar-refractivity contribution < 1.29 is 5.21 Å². The normalized spacial score (nSPS) is 10.5. The number of nitrogens with one attached hydrogen (secondary N) is 3. The van der Waals surface area contributed by atoms with E-state index in [-0.39, 0.29) is 11.6 Å². The summed E-state index contributed by atoms with van der Waals surface area (Å²) in [5.74, 6) is 1.12. The van der Waals surface area contributed by atoms with E-state index in [1.54, 1.807) is 11.7 Å². The largest absolute Gasteiger partial charge is 0.334 e. The number of benzene rings is 1. The summed E-state index contributed by atoms with van der Waals surface area (Å²) >= 11 is 0. The first-order chi connectivity index (χ1) is 10.7. The van der Waals surface area contributed by atoms with Crippen molar-refractivity contribution in [2.24, 2.45) is 7.05 Å². The summed E-state index contributed by atoms with van der Waals surface area (Å²) in [6.07, 6.45) is 4.84. The maximum Gasteiger partial charge on any atom is 0.277 e. The summed E-state index contributed by atoms with van der Waals surface area (Å²) in [5.41, 5.74) is 2.98. The van der Waals surface area contributed by atoms with Gasteiger partial charge in [0.05, 0.1) is 6.20 Å². The maximum atomic E-state index is 11.6. The number of imidazole rings is 1. The number of H-pyrrole nitrogens is 1. The van der Waals surface area contributed by atoms with Gasteiger partial charge in [0.2, 0.25) is 5.95 Å². The van der Waals surface area contributed by atoms with Gasteiger partial charge in [-0.05, 0) is 12.1 Å². The molecule has 0 spiro atoms. The number of anilines is 3. The molecule has 0 atom stereocenters. The van der Waals surface area contributed by atoms with Crippen molar-refractivity contribution in [3.05, 3.63) is 53.2 Å². The Labute approximate surface area is 125 Å². The number of nitrogens with zero attached hydrogens (tertiary/aromatic N) is 3. The first-order valence-electron chi connectivity index (χ1n) is 6.51. The summed E-state index contributed by atoms with van der Waals surface area (Å²) < 4.78 is 1.92. The number of hydrogen-bond acceptors (Lipinski definition) is 6. The average Bonchev–Trinajstić information content (AvgIpc) is 2.94. The van der Waals surface area contributed by atoms with Crippen LogP contribution in [0.3, 0.4) is 0 Å². The molecule has 22 heavy (non-hydrogen) atoms. The highest BCUT2D eigenvalue weighted by Gasteiger charge is 2.06. The Kier molecular flexibility index (Phi) is 3.58. The predicted octanol–water partition coefficient (Wildman–Crippen LogP) is 1.72. The molecule has 0 radical (unpaired) electrons. The zero-order valence-corrected chi connectivity index (χ0v) is 11.7. The fraction of sp³-hybridized carbons (Fsp3) is 0.0714. The Morgan fingerprint density at radius 3 is 2.86 bits per heavy atom. The Morgan fingerprint density at radius 2 is 2.18 bits per heavy atom. The van der Waals surface area contributed by atoms with Gasteiger partial charge in [-0.3, -0.25) is 20.5 Å². The average molecular weight is 298 g/mol. The molecule has 0 aliphatic rings. The highest BCUT2D eigenvalue weighted by atomic mass is 16.5. The van der Waals surface area contributed by atoms with Crippen LogP contribution in [0.1, 0.15) is 0 Å². The predicted molar refractivity (Wildman–Crippen MR) is 82.2 cm³/mol. The van der Waals surface area contributed by atoms with Gasteiger partial charge in [-0.1, -0.05) is 12.1 Å². The fourth-order valence-electron chi connectivity index (χ4n) is 2.05. The summed E-state index contributed by atoms with van der Waals surface area (Å²) in [6.45, 7) is 0. The second-order valence-corrected chi connectivity index (χ2v) is 4.65. The van der Waals surface area contributed by atoms with Crippen LogP contribution < -0.4 is 16.4 Å². The number of aryl methyl sites for hydroxylation is 1. The minimum atomic E-state index is -0.472. The van der Waals surface area contributed by atoms with Crippen molar-refractivity contribution in [2.45, 2.75) is 0 Å². The van der Waals surface area contributed by atoms with Gasteiger partial charge in [0, 0.05) is 30.7 Å². The highest BCUT2D eigenvalue weighted by molar-refractivity contribution is 5.65. The van der Waals surface area contributed by atoms with E-state index in [2.05, 4.69) is 20.3 Å². The molecule has 0 fully saturated rings. The van der Waals surface area contributed by atoms with E-state index >= 15 is 0 Å². The summed E-state index contributed by atoms with van der Waals surface area (Å²) in [4.78, 5) is 22.4. The quantitative estimate of drug-likeness (QED) is 0.546. The lowest BCUT2D eigenvalue weighted by molar-refractivity contribution is 0.387. The molecular weight excluding hydrogens is 284 g/mol. The minimum Gasteiger partial charge on any atom is -0.334 e. The molecular formula is C14H14N6O2. The van der Waals surface area contributed by atoms with E-state index in [9.17, 15) is 4.79 Å². The van der Waals surface area contributed by atoms with Gasteiger partial charge in [0.15, 0.2) is 0 Å². The lowest BCUT2D eigenvalue weighted by atomic mass is 10.2. The Bertz CT molecular complexity index is 854. The van der Waals surface area contributed by atoms with E-state index in [1.807, 2.05) is 42.1 Å². The zero-order valence-electron chi connectivity index (χ0n) is 11.7. The Hall–Kier alpha value is -3.13. The van der Waals surface area contributed by atoms with Gasteiger partial charge >= 0.3 is 0 Å². The molecule has 0 bridgehead atoms. The second-order valence-electron chi connectivity index (χ2n) is 4.65. The molecule has 0 aliphatic heterocycles. The molecule has 4 N–H and O–H groups in total. The van der Waals surface area contributed by atoms with Crippen LogP contribution in [0.4, 0.5) is 17.3 Å². The number of aromatic amines is 1. The van der Waals surface area contributed by atoms with Crippen LogP contribution in [0.15, 0.2) is 47.7 Å². The van der Waals surface area contributed by atoms with Crippen molar-refractivity contribution in [1.29, 1.82) is 0 Å². The van der Waals surface area contributed by atoms with Crippen LogP contribution in [0.2, 0.25) is 0 Å². The minimum absolute atomic E-state index is 0.0210. The summed E-state index contributed by atoms with van der Waals surface area (Å²) in [6, 6.07) is 7.59. The molecule has 8 heteroatoms. The lowest BCUT2D eigenvalue weighted by Gasteiger charge is -2.08. The Morgan fingerprint density at radius 1 is 1.32 bits per heavy atom. The third-order valence-corrected chi connectivity index (χ3v) is 3.12. The van der Waals surface area contributed by atoms with Crippen LogP contribution in [-0.2, 0) is 7.05 Å². The van der Waals surface area contributed by atoms with E-state index in [0.29, 0.717) is 0 Å². The van der Waals surface area contributed by atoms with Crippen LogP contribution in [0.5, 0.6) is 0 Å². The molecule has 0 amide bonds. The molecule has 1 aromatic carbocycles. The third kappa shape index (κ3) is 2.67. The van der Waals surface area contributed by atoms with Gasteiger partial charge < -0.3 is 9.88 Å². The maximum absolute atomic E-state index is 11.6. The standard InChI is InChI=1S/C14H14N6O2/c1-20-6-5-15-12(20)9-3-2-4-10(7-9)17-14-16-8-11(19-22)13(21)18-14/h2-8,19,22H,1H3,(H2,16,17,18,21). The SMILES string of the molecule is Cn1ccnc1-c1cccc(Nc2ncc(NO)c(=O)[nH]2)c1. The second kappa shape index (κ2) is 5.70. The topological polar surface area (TPSA) is 108 Å². The van der Waals surface area contributed by atoms with Gasteiger partial charge in [-0.15, -0.1) is 0 Å². The molecule has 0 saturated heterocycles. The summed E-state index contributed by atoms with van der Waals surface area (Å²) in [7, 11) is 1.92. The van der Waals surface area contributed by atoms with Crippen molar-refractivity contribution in [3.8, 4) is 11.4 Å². The number of aromatic nitrogens is 4. The van der Waals surface area contributed by atoms with E-state index in [0.717, 1.165) is 17.1 Å². The monoisotopic (exact) mass is 298 g/mol. The van der Waals surface area contributed by atoms with E-state index in [1.165, 1.54) is 6.20 Å². The first-order valence-corrected chi connectivity index (χ1v) is 6.51. The molecule has 2 heterocycles. The molecule has 8 nitrogen and oxygen atoms in total. The Balaban J connectivity index is 1.89. The molecule has 0 aliphatic carbocycles. The van der Waals surface area contributed by atoms with Crippen LogP contribution in [0.25, 0.3) is 11.4 Å². The molecule has 0 unspecified atom stereocenters. The number of hydrogen-bond donors (Lipinski definition) is 4. The van der Waals surface area contributed by atoms with Crippen molar-refractivity contribution in [2.75, 3.05) is 10.8 Å². The molecule has 0 saturated carbocycles. The zero-order chi connectivity index (χ0) is 15.5.